The van der Waals surface area contributed by atoms with Gasteiger partial charge in [0.05, 0.1) is 5.69 Å². The molecule has 0 aliphatic heterocycles. The van der Waals surface area contributed by atoms with Gasteiger partial charge in [0, 0.05) is 5.38 Å². The molecule has 0 saturated heterocycles. The quantitative estimate of drug-likeness (QED) is 0.284. The lowest BCUT2D eigenvalue weighted by atomic mass is 10.2. The minimum atomic E-state index is -1.26. The summed E-state index contributed by atoms with van der Waals surface area (Å²) in [6.07, 6.45) is 1.53. The van der Waals surface area contributed by atoms with Crippen LogP contribution in [-0.2, 0) is 14.4 Å². The number of nitrogens with zero attached hydrogens (tertiary/aromatic N) is 2. The van der Waals surface area contributed by atoms with Crippen LogP contribution in [0.4, 0.5) is 5.13 Å². The summed E-state index contributed by atoms with van der Waals surface area (Å²) in [6, 6.07) is 0. The molecule has 5 N–H and O–H groups in total. The molecule has 0 aliphatic carbocycles. The third-order valence-electron chi connectivity index (χ3n) is 1.44. The van der Waals surface area contributed by atoms with Crippen LogP contribution >= 0.6 is 11.3 Å². The average Bonchev–Trinajstić information content (AvgIpc) is 2.63. The second-order valence-corrected chi connectivity index (χ2v) is 3.54. The first-order chi connectivity index (χ1) is 8.00. The van der Waals surface area contributed by atoms with E-state index in [0.717, 1.165) is 17.6 Å². The van der Waals surface area contributed by atoms with Crippen molar-refractivity contribution in [2.75, 3.05) is 5.73 Å². The van der Waals surface area contributed by atoms with Crippen LogP contribution < -0.4 is 11.5 Å². The van der Waals surface area contributed by atoms with Gasteiger partial charge in [-0.2, -0.15) is 0 Å². The molecular formula is C8H8N4O4S. The first-order valence-corrected chi connectivity index (χ1v) is 5.02. The zero-order valence-electron chi connectivity index (χ0n) is 8.36. The molecule has 0 aliphatic rings. The molecule has 1 rings (SSSR count). The van der Waals surface area contributed by atoms with E-state index in [1.807, 2.05) is 0 Å². The van der Waals surface area contributed by atoms with Crippen molar-refractivity contribution in [3.63, 3.8) is 0 Å². The fourth-order valence-corrected chi connectivity index (χ4v) is 1.36. The number of oxime groups is 1. The molecule has 0 atom stereocenters. The highest BCUT2D eigenvalue weighted by Gasteiger charge is 2.14. The van der Waals surface area contributed by atoms with E-state index in [2.05, 4.69) is 15.0 Å². The number of aliphatic carboxylic acids is 1. The Morgan fingerprint density at radius 1 is 1.59 bits per heavy atom. The van der Waals surface area contributed by atoms with Crippen molar-refractivity contribution in [1.29, 1.82) is 0 Å². The number of carbonyl (C=O) groups excluding carboxylic acids is 1. The summed E-state index contributed by atoms with van der Waals surface area (Å²) in [4.78, 5) is 29.4. The van der Waals surface area contributed by atoms with Crippen LogP contribution in [0.5, 0.6) is 0 Å². The van der Waals surface area contributed by atoms with E-state index in [1.54, 1.807) is 0 Å². The maximum atomic E-state index is 10.9. The van der Waals surface area contributed by atoms with Crippen molar-refractivity contribution in [1.82, 2.24) is 4.98 Å². The number of primary amides is 1. The number of thiazole rings is 1. The van der Waals surface area contributed by atoms with Gasteiger partial charge in [0.1, 0.15) is 18.0 Å². The van der Waals surface area contributed by atoms with Crippen molar-refractivity contribution >= 4 is 40.1 Å². The molecule has 1 aromatic heterocycles. The molecule has 0 fully saturated rings. The minimum absolute atomic E-state index is 0.147. The van der Waals surface area contributed by atoms with E-state index in [4.69, 9.17) is 16.6 Å². The number of carboxylic acids is 1. The molecule has 0 unspecified atom stereocenters. The minimum Gasteiger partial charge on any atom is -0.477 e. The number of hydrogen-bond donors (Lipinski definition) is 3. The highest BCUT2D eigenvalue weighted by atomic mass is 32.1. The second-order valence-electron chi connectivity index (χ2n) is 2.65. The molecule has 1 heterocycles. The summed E-state index contributed by atoms with van der Waals surface area (Å²) in [5, 5.41) is 13.7. The smallest absolute Gasteiger partial charge is 0.341 e. The number of aromatic nitrogens is 1. The van der Waals surface area contributed by atoms with Gasteiger partial charge in [-0.1, -0.05) is 5.16 Å². The van der Waals surface area contributed by atoms with E-state index in [-0.39, 0.29) is 16.4 Å². The molecule has 0 spiro atoms. The molecule has 17 heavy (non-hydrogen) atoms. The Balaban J connectivity index is 2.83. The van der Waals surface area contributed by atoms with Gasteiger partial charge in [-0.05, 0) is 0 Å². The molecule has 0 saturated carbocycles. The summed E-state index contributed by atoms with van der Waals surface area (Å²) in [6.45, 7) is 0. The highest BCUT2D eigenvalue weighted by molar-refractivity contribution is 7.13. The van der Waals surface area contributed by atoms with E-state index in [9.17, 15) is 9.59 Å². The molecule has 0 aromatic carbocycles. The number of nitrogen functional groups attached to an aromatic ring is 1. The van der Waals surface area contributed by atoms with Crippen LogP contribution in [0, 0.1) is 0 Å². The molecule has 1 aromatic rings. The molecular weight excluding hydrogens is 248 g/mol. The number of rotatable bonds is 5. The highest BCUT2D eigenvalue weighted by Crippen LogP contribution is 2.19. The van der Waals surface area contributed by atoms with Crippen LogP contribution in [0.15, 0.2) is 16.8 Å². The molecule has 0 radical (unpaired) electrons. The van der Waals surface area contributed by atoms with Crippen LogP contribution in [-0.4, -0.2) is 28.2 Å². The Morgan fingerprint density at radius 2 is 2.29 bits per heavy atom. The number of amides is 1. The van der Waals surface area contributed by atoms with Gasteiger partial charge < -0.3 is 21.4 Å². The number of nitrogens with two attached hydrogens (primary N) is 2. The lowest BCUT2D eigenvalue weighted by Gasteiger charge is -1.96. The van der Waals surface area contributed by atoms with Crippen LogP contribution in [0.25, 0.3) is 5.57 Å². The molecule has 8 nitrogen and oxygen atoms in total. The van der Waals surface area contributed by atoms with Gasteiger partial charge in [0.2, 0.25) is 0 Å². The molecule has 0 bridgehead atoms. The first kappa shape index (κ1) is 12.6. The van der Waals surface area contributed by atoms with Gasteiger partial charge in [0.25, 0.3) is 5.91 Å². The summed E-state index contributed by atoms with van der Waals surface area (Å²) in [5.74, 6) is -2.07. The predicted molar refractivity (Wildman–Crippen MR) is 60.9 cm³/mol. The number of anilines is 1. The van der Waals surface area contributed by atoms with E-state index in [1.165, 1.54) is 5.38 Å². The van der Waals surface area contributed by atoms with Gasteiger partial charge in [-0.25, -0.2) is 9.78 Å². The first-order valence-electron chi connectivity index (χ1n) is 4.14. The lowest BCUT2D eigenvalue weighted by molar-refractivity contribution is -0.130. The zero-order chi connectivity index (χ0) is 12.8. The standard InChI is InChI=1S/C8H8N4O4S/c9-6(13)1-11-16-2-4(7(14)15)5-3-17-8(10)12-5/h1-3H,(H2,9,13)(H2,10,12)(H,14,15). The topological polar surface area (TPSA) is 141 Å². The monoisotopic (exact) mass is 256 g/mol. The van der Waals surface area contributed by atoms with Gasteiger partial charge in [0.15, 0.2) is 5.13 Å². The fourth-order valence-electron chi connectivity index (χ4n) is 0.797. The van der Waals surface area contributed by atoms with Crippen molar-refractivity contribution < 1.29 is 19.5 Å². The van der Waals surface area contributed by atoms with E-state index in [0.29, 0.717) is 6.21 Å². The molecule has 1 amide bonds. The van der Waals surface area contributed by atoms with Crippen LogP contribution in [0.2, 0.25) is 0 Å². The Labute approximate surface area is 99.2 Å². The SMILES string of the molecule is NC(=O)C=NOC=C(C(=O)O)c1csc(N)n1. The normalized spacial score (nSPS) is 11.6. The molecule has 9 heteroatoms. The lowest BCUT2D eigenvalue weighted by Crippen LogP contribution is -2.11. The van der Waals surface area contributed by atoms with Gasteiger partial charge in [-0.3, -0.25) is 4.79 Å². The van der Waals surface area contributed by atoms with E-state index < -0.39 is 11.9 Å². The van der Waals surface area contributed by atoms with Crippen LogP contribution in [0.3, 0.4) is 0 Å². The van der Waals surface area contributed by atoms with Crippen molar-refractivity contribution in [3.05, 3.63) is 17.3 Å². The maximum absolute atomic E-state index is 10.9. The Kier molecular flexibility index (Phi) is 4.17. The summed E-state index contributed by atoms with van der Waals surface area (Å²) < 4.78 is 0. The zero-order valence-corrected chi connectivity index (χ0v) is 9.18. The maximum Gasteiger partial charge on any atom is 0.341 e. The Bertz CT molecular complexity index is 493. The number of hydrogen-bond acceptors (Lipinski definition) is 7. The second kappa shape index (κ2) is 5.61. The molecule has 90 valence electrons. The van der Waals surface area contributed by atoms with Crippen molar-refractivity contribution in [3.8, 4) is 0 Å². The summed E-state index contributed by atoms with van der Waals surface area (Å²) >= 11 is 1.09. The summed E-state index contributed by atoms with van der Waals surface area (Å²) in [5.41, 5.74) is 10.0. The third kappa shape index (κ3) is 3.91. The van der Waals surface area contributed by atoms with Gasteiger partial charge >= 0.3 is 5.97 Å². The van der Waals surface area contributed by atoms with Crippen molar-refractivity contribution in [2.24, 2.45) is 10.9 Å². The Hall–Kier alpha value is -2.42. The largest absolute Gasteiger partial charge is 0.477 e. The number of carboxylic acid groups (broad SMARTS) is 1. The van der Waals surface area contributed by atoms with E-state index >= 15 is 0 Å². The fraction of sp³-hybridized carbons (Fsp3) is 0. The predicted octanol–water partition coefficient (Wildman–Crippen LogP) is -0.362. The summed E-state index contributed by atoms with van der Waals surface area (Å²) in [7, 11) is 0. The van der Waals surface area contributed by atoms with Crippen LogP contribution in [0.1, 0.15) is 5.69 Å². The van der Waals surface area contributed by atoms with Gasteiger partial charge in [-0.15, -0.1) is 11.3 Å². The van der Waals surface area contributed by atoms with Crippen molar-refractivity contribution in [2.45, 2.75) is 0 Å². The third-order valence-corrected chi connectivity index (χ3v) is 2.11. The average molecular weight is 256 g/mol. The number of carbonyl (C=O) groups is 2. The Morgan fingerprint density at radius 3 is 2.76 bits per heavy atom.